The summed E-state index contributed by atoms with van der Waals surface area (Å²) >= 11 is 3.08. The first-order valence-corrected chi connectivity index (χ1v) is 6.64. The Morgan fingerprint density at radius 1 is 1.26 bits per heavy atom. The zero-order valence-electron chi connectivity index (χ0n) is 10.3. The number of hydrogen-bond acceptors (Lipinski definition) is 2. The third kappa shape index (κ3) is 3.75. The SMILES string of the molecule is C=C[C@@H](c1c(F)cc(Br)cc1F)N1CCNCC1.Cl. The Hall–Kier alpha value is -0.490. The predicted molar refractivity (Wildman–Crippen MR) is 78.7 cm³/mol. The van der Waals surface area contributed by atoms with Crippen molar-refractivity contribution in [3.8, 4) is 0 Å². The van der Waals surface area contributed by atoms with E-state index in [1.165, 1.54) is 12.1 Å². The molecule has 0 radical (unpaired) electrons. The number of hydrogen-bond donors (Lipinski definition) is 1. The molecule has 1 aromatic carbocycles. The van der Waals surface area contributed by atoms with Crippen molar-refractivity contribution in [2.24, 2.45) is 0 Å². The van der Waals surface area contributed by atoms with E-state index < -0.39 is 17.7 Å². The van der Waals surface area contributed by atoms with Gasteiger partial charge in [0.05, 0.1) is 6.04 Å². The number of halogens is 4. The topological polar surface area (TPSA) is 15.3 Å². The van der Waals surface area contributed by atoms with Crippen LogP contribution in [-0.4, -0.2) is 31.1 Å². The van der Waals surface area contributed by atoms with E-state index in [1.54, 1.807) is 6.08 Å². The molecule has 19 heavy (non-hydrogen) atoms. The minimum atomic E-state index is -0.537. The smallest absolute Gasteiger partial charge is 0.132 e. The van der Waals surface area contributed by atoms with Crippen molar-refractivity contribution in [3.05, 3.63) is 46.5 Å². The molecule has 1 saturated heterocycles. The van der Waals surface area contributed by atoms with Crippen molar-refractivity contribution in [2.75, 3.05) is 26.2 Å². The molecule has 2 rings (SSSR count). The van der Waals surface area contributed by atoms with E-state index in [1.807, 2.05) is 4.90 Å². The molecule has 0 spiro atoms. The van der Waals surface area contributed by atoms with Gasteiger partial charge in [-0.3, -0.25) is 4.90 Å². The summed E-state index contributed by atoms with van der Waals surface area (Å²) in [6.45, 7) is 6.87. The molecule has 106 valence electrons. The van der Waals surface area contributed by atoms with Crippen molar-refractivity contribution in [1.82, 2.24) is 10.2 Å². The average Bonchev–Trinajstić information content (AvgIpc) is 2.34. The molecule has 1 aliphatic rings. The molecule has 0 bridgehead atoms. The Morgan fingerprint density at radius 3 is 2.26 bits per heavy atom. The fraction of sp³-hybridized carbons (Fsp3) is 0.385. The summed E-state index contributed by atoms with van der Waals surface area (Å²) in [6.07, 6.45) is 1.60. The first kappa shape index (κ1) is 16.6. The summed E-state index contributed by atoms with van der Waals surface area (Å²) < 4.78 is 28.3. The second-order valence-corrected chi connectivity index (χ2v) is 5.17. The van der Waals surface area contributed by atoms with Gasteiger partial charge >= 0.3 is 0 Å². The lowest BCUT2D eigenvalue weighted by molar-refractivity contribution is 0.197. The maximum absolute atomic E-state index is 13.9. The average molecular weight is 354 g/mol. The van der Waals surface area contributed by atoms with E-state index in [0.717, 1.165) is 26.2 Å². The van der Waals surface area contributed by atoms with E-state index in [9.17, 15) is 8.78 Å². The summed E-state index contributed by atoms with van der Waals surface area (Å²) in [7, 11) is 0. The lowest BCUT2D eigenvalue weighted by Gasteiger charge is -2.33. The van der Waals surface area contributed by atoms with E-state index >= 15 is 0 Å². The Bertz CT molecular complexity index is 427. The van der Waals surface area contributed by atoms with Crippen LogP contribution in [0.3, 0.4) is 0 Å². The Kier molecular flexibility index (Phi) is 6.39. The number of nitrogens with one attached hydrogen (secondary N) is 1. The van der Waals surface area contributed by atoms with Gasteiger partial charge in [-0.25, -0.2) is 8.78 Å². The number of nitrogens with zero attached hydrogens (tertiary/aromatic N) is 1. The Balaban J connectivity index is 0.00000180. The van der Waals surface area contributed by atoms with Gasteiger partial charge in [-0.1, -0.05) is 22.0 Å². The third-order valence-electron chi connectivity index (χ3n) is 3.11. The quantitative estimate of drug-likeness (QED) is 0.839. The van der Waals surface area contributed by atoms with Gasteiger partial charge in [0.2, 0.25) is 0 Å². The molecule has 0 saturated carbocycles. The molecule has 1 N–H and O–H groups in total. The van der Waals surface area contributed by atoms with E-state index in [2.05, 4.69) is 27.8 Å². The molecule has 6 heteroatoms. The summed E-state index contributed by atoms with van der Waals surface area (Å²) in [6, 6.07) is 2.16. The molecule has 1 heterocycles. The van der Waals surface area contributed by atoms with Gasteiger partial charge in [0.1, 0.15) is 11.6 Å². The van der Waals surface area contributed by atoms with Crippen LogP contribution in [-0.2, 0) is 0 Å². The molecular formula is C13H16BrClF2N2. The van der Waals surface area contributed by atoms with Gasteiger partial charge in [-0.05, 0) is 12.1 Å². The fourth-order valence-electron chi connectivity index (χ4n) is 2.25. The van der Waals surface area contributed by atoms with Crippen LogP contribution in [0.15, 0.2) is 29.3 Å². The van der Waals surface area contributed by atoms with Crippen molar-refractivity contribution in [2.45, 2.75) is 6.04 Å². The van der Waals surface area contributed by atoms with Crippen LogP contribution >= 0.6 is 28.3 Å². The fourth-order valence-corrected chi connectivity index (χ4v) is 2.65. The van der Waals surface area contributed by atoms with Gasteiger partial charge in [0.25, 0.3) is 0 Å². The lowest BCUT2D eigenvalue weighted by Crippen LogP contribution is -2.45. The van der Waals surface area contributed by atoms with Crippen LogP contribution in [0.5, 0.6) is 0 Å². The highest BCUT2D eigenvalue weighted by Crippen LogP contribution is 2.29. The molecule has 1 aromatic rings. The van der Waals surface area contributed by atoms with Crippen molar-refractivity contribution >= 4 is 28.3 Å². The predicted octanol–water partition coefficient (Wildman–Crippen LogP) is 3.28. The zero-order chi connectivity index (χ0) is 13.1. The van der Waals surface area contributed by atoms with Crippen LogP contribution in [0.2, 0.25) is 0 Å². The van der Waals surface area contributed by atoms with Gasteiger partial charge in [-0.2, -0.15) is 0 Å². The van der Waals surface area contributed by atoms with Crippen molar-refractivity contribution in [3.63, 3.8) is 0 Å². The Labute approximate surface area is 126 Å². The zero-order valence-corrected chi connectivity index (χ0v) is 12.7. The second-order valence-electron chi connectivity index (χ2n) is 4.25. The molecule has 0 unspecified atom stereocenters. The van der Waals surface area contributed by atoms with Crippen molar-refractivity contribution in [1.29, 1.82) is 0 Å². The van der Waals surface area contributed by atoms with Crippen LogP contribution in [0.4, 0.5) is 8.78 Å². The first-order valence-electron chi connectivity index (χ1n) is 5.85. The minimum Gasteiger partial charge on any atom is -0.314 e. The number of piperazine rings is 1. The standard InChI is InChI=1S/C13H15BrF2N2.ClH/c1-2-12(18-5-3-17-4-6-18)13-10(15)7-9(14)8-11(13)16;/h2,7-8,12,17H,1,3-6H2;1H/t12-;/m0./s1. The molecule has 2 nitrogen and oxygen atoms in total. The van der Waals surface area contributed by atoms with E-state index in [0.29, 0.717) is 4.47 Å². The largest absolute Gasteiger partial charge is 0.314 e. The van der Waals surface area contributed by atoms with Crippen LogP contribution in [0.1, 0.15) is 11.6 Å². The Morgan fingerprint density at radius 2 is 1.79 bits per heavy atom. The second kappa shape index (κ2) is 7.33. The van der Waals surface area contributed by atoms with Gasteiger partial charge in [-0.15, -0.1) is 19.0 Å². The maximum atomic E-state index is 13.9. The molecule has 0 aromatic heterocycles. The molecular weight excluding hydrogens is 338 g/mol. The van der Waals surface area contributed by atoms with Gasteiger partial charge in [0.15, 0.2) is 0 Å². The summed E-state index contributed by atoms with van der Waals surface area (Å²) in [5.41, 5.74) is 0.0788. The lowest BCUT2D eigenvalue weighted by atomic mass is 10.0. The van der Waals surface area contributed by atoms with Crippen LogP contribution in [0.25, 0.3) is 0 Å². The molecule has 1 aliphatic heterocycles. The first-order chi connectivity index (χ1) is 8.63. The minimum absolute atomic E-state index is 0. The van der Waals surface area contributed by atoms with Crippen molar-refractivity contribution < 1.29 is 8.78 Å². The molecule has 1 atom stereocenters. The summed E-state index contributed by atoms with van der Waals surface area (Å²) in [5, 5.41) is 3.21. The van der Waals surface area contributed by atoms with Gasteiger partial charge in [0, 0.05) is 36.2 Å². The number of benzene rings is 1. The maximum Gasteiger partial charge on any atom is 0.132 e. The number of rotatable bonds is 3. The highest BCUT2D eigenvalue weighted by Gasteiger charge is 2.25. The van der Waals surface area contributed by atoms with Gasteiger partial charge < -0.3 is 5.32 Å². The normalized spacial score (nSPS) is 17.6. The summed E-state index contributed by atoms with van der Waals surface area (Å²) in [5.74, 6) is -1.07. The summed E-state index contributed by atoms with van der Waals surface area (Å²) in [4.78, 5) is 2.03. The van der Waals surface area contributed by atoms with Crippen LogP contribution in [0, 0.1) is 11.6 Å². The van der Waals surface area contributed by atoms with Crippen LogP contribution < -0.4 is 5.32 Å². The molecule has 1 fully saturated rings. The highest BCUT2D eigenvalue weighted by atomic mass is 79.9. The molecule has 0 amide bonds. The third-order valence-corrected chi connectivity index (χ3v) is 3.57. The highest BCUT2D eigenvalue weighted by molar-refractivity contribution is 9.10. The van der Waals surface area contributed by atoms with E-state index in [-0.39, 0.29) is 18.0 Å². The van der Waals surface area contributed by atoms with E-state index in [4.69, 9.17) is 0 Å². The molecule has 0 aliphatic carbocycles. The monoisotopic (exact) mass is 352 g/mol.